The van der Waals surface area contributed by atoms with Gasteiger partial charge < -0.3 is 20.4 Å². The molecule has 3 aromatic rings. The van der Waals surface area contributed by atoms with Gasteiger partial charge in [0.15, 0.2) is 5.82 Å². The van der Waals surface area contributed by atoms with Gasteiger partial charge in [-0.05, 0) is 42.4 Å². The Labute approximate surface area is 196 Å². The zero-order valence-corrected chi connectivity index (χ0v) is 19.9. The minimum Gasteiger partial charge on any atom is -0.496 e. The van der Waals surface area contributed by atoms with Gasteiger partial charge in [-0.2, -0.15) is 4.98 Å². The van der Waals surface area contributed by atoms with Crippen molar-refractivity contribution in [2.45, 2.75) is 58.5 Å². The molecule has 2 fully saturated rings. The number of fused-ring (bicyclic) bond motifs is 1. The number of nitrogen functional groups attached to an aromatic ring is 1. The van der Waals surface area contributed by atoms with Gasteiger partial charge in [-0.15, -0.1) is 0 Å². The average molecular weight is 449 g/mol. The Kier molecular flexibility index (Phi) is 6.15. The van der Waals surface area contributed by atoms with Gasteiger partial charge in [0.25, 0.3) is 0 Å². The number of hydrogen-bond acceptors (Lipinski definition) is 6. The van der Waals surface area contributed by atoms with Crippen molar-refractivity contribution in [1.29, 1.82) is 0 Å². The molecule has 0 atom stereocenters. The maximum Gasteiger partial charge on any atom is 0.222 e. The lowest BCUT2D eigenvalue weighted by molar-refractivity contribution is -0.0645. The number of anilines is 2. The van der Waals surface area contributed by atoms with E-state index in [-0.39, 0.29) is 0 Å². The van der Waals surface area contributed by atoms with Crippen LogP contribution in [0.4, 0.5) is 11.8 Å². The molecule has 1 aliphatic carbocycles. The van der Waals surface area contributed by atoms with E-state index in [1.807, 2.05) is 6.07 Å². The van der Waals surface area contributed by atoms with Crippen molar-refractivity contribution in [1.82, 2.24) is 19.4 Å². The number of likely N-dealkylation sites (tertiary alicyclic amines) is 1. The molecule has 5 rings (SSSR count). The lowest BCUT2D eigenvalue weighted by Gasteiger charge is -2.56. The van der Waals surface area contributed by atoms with Gasteiger partial charge in [-0.25, -0.2) is 4.98 Å². The highest BCUT2D eigenvalue weighted by Crippen LogP contribution is 2.48. The molecule has 1 aliphatic heterocycles. The fourth-order valence-electron chi connectivity index (χ4n) is 5.43. The molecule has 0 bridgehead atoms. The van der Waals surface area contributed by atoms with Gasteiger partial charge in [-0.1, -0.05) is 38.3 Å². The third kappa shape index (κ3) is 4.51. The molecule has 1 saturated carbocycles. The minimum atomic E-state index is 0.301. The van der Waals surface area contributed by atoms with E-state index in [0.717, 1.165) is 47.7 Å². The van der Waals surface area contributed by atoms with Crippen LogP contribution in [0.2, 0.25) is 0 Å². The Morgan fingerprint density at radius 3 is 2.70 bits per heavy atom. The maximum absolute atomic E-state index is 5.97. The lowest BCUT2D eigenvalue weighted by Crippen LogP contribution is -2.58. The molecule has 33 heavy (non-hydrogen) atoms. The molecule has 0 radical (unpaired) electrons. The van der Waals surface area contributed by atoms with Crippen LogP contribution < -0.4 is 15.8 Å². The molecular weight excluding hydrogens is 412 g/mol. The van der Waals surface area contributed by atoms with E-state index in [0.29, 0.717) is 17.9 Å². The molecule has 0 amide bonds. The normalized spacial score (nSPS) is 17.2. The second kappa shape index (κ2) is 9.21. The van der Waals surface area contributed by atoms with Gasteiger partial charge in [-0.3, -0.25) is 4.90 Å². The van der Waals surface area contributed by atoms with Gasteiger partial charge in [0.2, 0.25) is 5.95 Å². The fourth-order valence-corrected chi connectivity index (χ4v) is 5.43. The molecule has 1 aromatic carbocycles. The monoisotopic (exact) mass is 448 g/mol. The van der Waals surface area contributed by atoms with Crippen LogP contribution in [0, 0.1) is 5.41 Å². The molecule has 176 valence electrons. The number of ether oxygens (including phenoxy) is 1. The third-order valence-electron chi connectivity index (χ3n) is 7.33. The predicted octanol–water partition coefficient (Wildman–Crippen LogP) is 4.66. The number of nitrogens with zero attached hydrogens (tertiary/aromatic N) is 4. The number of unbranched alkanes of at least 4 members (excludes halogenated alkanes) is 2. The molecular formula is C26H36N6O. The van der Waals surface area contributed by atoms with Crippen LogP contribution in [0.5, 0.6) is 5.75 Å². The van der Waals surface area contributed by atoms with Crippen LogP contribution in [-0.2, 0) is 13.1 Å². The summed E-state index contributed by atoms with van der Waals surface area (Å²) in [5, 5.41) is 3.48. The molecule has 3 N–H and O–H groups in total. The number of rotatable bonds is 10. The summed E-state index contributed by atoms with van der Waals surface area (Å²) < 4.78 is 7.98. The Balaban J connectivity index is 1.33. The molecule has 1 spiro atoms. The Morgan fingerprint density at radius 1 is 1.12 bits per heavy atom. The second-order valence-corrected chi connectivity index (χ2v) is 9.89. The summed E-state index contributed by atoms with van der Waals surface area (Å²) in [4.78, 5) is 11.5. The van der Waals surface area contributed by atoms with E-state index < -0.39 is 0 Å². The van der Waals surface area contributed by atoms with Crippen molar-refractivity contribution in [2.75, 3.05) is 37.8 Å². The lowest BCUT2D eigenvalue weighted by atomic mass is 9.63. The average Bonchev–Trinajstić information content (AvgIpc) is 3.15. The number of methoxy groups -OCH3 is 1. The SMILES string of the molecule is CCCCCNc1nc(N)nc2ccn(Cc3ccc(CN4CC5(CCC5)C4)cc3OC)c12. The standard InChI is InChI=1S/C26H36N6O/c1-3-4-5-12-28-24-23-21(29-25(27)30-24)9-13-32(23)16-20-8-7-19(14-22(20)33-2)15-31-17-26(18-31)10-6-11-26/h7-9,13-14H,3-6,10-12,15-18H2,1-2H3,(H3,27,28,29,30). The smallest absolute Gasteiger partial charge is 0.222 e. The molecule has 0 unspecified atom stereocenters. The summed E-state index contributed by atoms with van der Waals surface area (Å²) in [7, 11) is 1.76. The number of nitrogens with one attached hydrogen (secondary N) is 1. The van der Waals surface area contributed by atoms with Crippen LogP contribution in [0.3, 0.4) is 0 Å². The summed E-state index contributed by atoms with van der Waals surface area (Å²) in [6, 6.07) is 8.65. The van der Waals surface area contributed by atoms with Gasteiger partial charge in [0.1, 0.15) is 11.3 Å². The first kappa shape index (κ1) is 22.0. The van der Waals surface area contributed by atoms with Crippen molar-refractivity contribution in [3.63, 3.8) is 0 Å². The third-order valence-corrected chi connectivity index (χ3v) is 7.33. The van der Waals surface area contributed by atoms with E-state index >= 15 is 0 Å². The van der Waals surface area contributed by atoms with Gasteiger partial charge >= 0.3 is 0 Å². The molecule has 7 heteroatoms. The van der Waals surface area contributed by atoms with E-state index in [1.54, 1.807) is 7.11 Å². The largest absolute Gasteiger partial charge is 0.496 e. The maximum atomic E-state index is 5.97. The summed E-state index contributed by atoms with van der Waals surface area (Å²) in [6.07, 6.45) is 9.80. The van der Waals surface area contributed by atoms with E-state index in [1.165, 1.54) is 50.8 Å². The molecule has 1 saturated heterocycles. The number of nitrogens with two attached hydrogens (primary N) is 1. The quantitative estimate of drug-likeness (QED) is 0.439. The Hall–Kier alpha value is -2.80. The van der Waals surface area contributed by atoms with E-state index in [4.69, 9.17) is 10.5 Å². The van der Waals surface area contributed by atoms with Crippen LogP contribution in [0.1, 0.15) is 56.6 Å². The van der Waals surface area contributed by atoms with Crippen molar-refractivity contribution in [2.24, 2.45) is 5.41 Å². The number of hydrogen-bond donors (Lipinski definition) is 2. The first-order valence-electron chi connectivity index (χ1n) is 12.3. The predicted molar refractivity (Wildman–Crippen MR) is 134 cm³/mol. The van der Waals surface area contributed by atoms with Crippen LogP contribution in [0.25, 0.3) is 11.0 Å². The second-order valence-electron chi connectivity index (χ2n) is 9.89. The number of aromatic nitrogens is 3. The van der Waals surface area contributed by atoms with E-state index in [9.17, 15) is 0 Å². The van der Waals surface area contributed by atoms with Gasteiger partial charge in [0, 0.05) is 37.9 Å². The van der Waals surface area contributed by atoms with Crippen molar-refractivity contribution < 1.29 is 4.74 Å². The minimum absolute atomic E-state index is 0.301. The molecule has 2 aliphatic rings. The summed E-state index contributed by atoms with van der Waals surface area (Å²) in [6.45, 7) is 7.28. The molecule has 3 heterocycles. The van der Waals surface area contributed by atoms with Crippen molar-refractivity contribution in [3.05, 3.63) is 41.6 Å². The van der Waals surface area contributed by atoms with Crippen LogP contribution >= 0.6 is 0 Å². The summed E-state index contributed by atoms with van der Waals surface area (Å²) in [5.74, 6) is 2.04. The van der Waals surface area contributed by atoms with Crippen LogP contribution in [-0.4, -0.2) is 46.2 Å². The Bertz CT molecular complexity index is 1110. The zero-order valence-electron chi connectivity index (χ0n) is 19.9. The fraction of sp³-hybridized carbons (Fsp3) is 0.538. The summed E-state index contributed by atoms with van der Waals surface area (Å²) >= 11 is 0. The highest BCUT2D eigenvalue weighted by Gasteiger charge is 2.46. The number of benzene rings is 1. The highest BCUT2D eigenvalue weighted by molar-refractivity contribution is 5.87. The summed E-state index contributed by atoms with van der Waals surface area (Å²) in [5.41, 5.74) is 10.9. The highest BCUT2D eigenvalue weighted by atomic mass is 16.5. The van der Waals surface area contributed by atoms with Gasteiger partial charge in [0.05, 0.1) is 19.2 Å². The first-order chi connectivity index (χ1) is 16.1. The van der Waals surface area contributed by atoms with Crippen molar-refractivity contribution >= 4 is 22.8 Å². The Morgan fingerprint density at radius 2 is 1.97 bits per heavy atom. The van der Waals surface area contributed by atoms with Crippen LogP contribution in [0.15, 0.2) is 30.5 Å². The molecule has 7 nitrogen and oxygen atoms in total. The van der Waals surface area contributed by atoms with E-state index in [2.05, 4.69) is 56.1 Å². The zero-order chi connectivity index (χ0) is 22.8. The molecule has 2 aromatic heterocycles. The van der Waals surface area contributed by atoms with Crippen molar-refractivity contribution in [3.8, 4) is 5.75 Å². The topological polar surface area (TPSA) is 81.2 Å². The first-order valence-corrected chi connectivity index (χ1v) is 12.3.